The number of benzene rings is 2. The molecule has 100 valence electrons. The maximum Gasteiger partial charge on any atom is 0.123 e. The van der Waals surface area contributed by atoms with Gasteiger partial charge < -0.3 is 4.74 Å². The van der Waals surface area contributed by atoms with E-state index in [1.807, 2.05) is 30.3 Å². The molecule has 2 rings (SSSR count). The first kappa shape index (κ1) is 15.2. The van der Waals surface area contributed by atoms with E-state index in [-0.39, 0.29) is 0 Å². The third-order valence-corrected chi connectivity index (χ3v) is 4.38. The number of ether oxygens (including phenoxy) is 1. The highest BCUT2D eigenvalue weighted by Crippen LogP contribution is 2.27. The SMILES string of the molecule is Clc1ccc(COc2ccc(Br)cc2CBr)cc1Cl. The molecule has 2 aromatic rings. The van der Waals surface area contributed by atoms with E-state index in [4.69, 9.17) is 27.9 Å². The van der Waals surface area contributed by atoms with Gasteiger partial charge in [-0.05, 0) is 35.9 Å². The van der Waals surface area contributed by atoms with Crippen molar-refractivity contribution in [3.05, 3.63) is 62.0 Å². The van der Waals surface area contributed by atoms with Gasteiger partial charge >= 0.3 is 0 Å². The van der Waals surface area contributed by atoms with Gasteiger partial charge in [0.2, 0.25) is 0 Å². The first-order valence-electron chi connectivity index (χ1n) is 5.51. The molecule has 0 aliphatic heterocycles. The molecule has 0 amide bonds. The highest BCUT2D eigenvalue weighted by Gasteiger charge is 2.05. The molecule has 0 aliphatic carbocycles. The summed E-state index contributed by atoms with van der Waals surface area (Å²) in [4.78, 5) is 0. The van der Waals surface area contributed by atoms with E-state index in [1.165, 1.54) is 0 Å². The summed E-state index contributed by atoms with van der Waals surface area (Å²) in [7, 11) is 0. The van der Waals surface area contributed by atoms with Crippen molar-refractivity contribution in [3.8, 4) is 5.75 Å². The summed E-state index contributed by atoms with van der Waals surface area (Å²) in [5, 5.41) is 1.83. The van der Waals surface area contributed by atoms with E-state index in [2.05, 4.69) is 31.9 Å². The fraction of sp³-hybridized carbons (Fsp3) is 0.143. The maximum atomic E-state index is 5.97. The Hall–Kier alpha value is -0.220. The van der Waals surface area contributed by atoms with Crippen LogP contribution in [-0.4, -0.2) is 0 Å². The molecule has 0 aromatic heterocycles. The molecule has 0 saturated heterocycles. The van der Waals surface area contributed by atoms with Crippen LogP contribution in [0, 0.1) is 0 Å². The fourth-order valence-corrected chi connectivity index (χ4v) is 2.75. The van der Waals surface area contributed by atoms with Crippen LogP contribution < -0.4 is 4.74 Å². The van der Waals surface area contributed by atoms with Crippen molar-refractivity contribution in [2.24, 2.45) is 0 Å². The summed E-state index contributed by atoms with van der Waals surface area (Å²) >= 11 is 18.7. The molecule has 0 N–H and O–H groups in total. The first-order chi connectivity index (χ1) is 9.10. The van der Waals surface area contributed by atoms with Gasteiger partial charge in [-0.1, -0.05) is 61.1 Å². The molecule has 0 unspecified atom stereocenters. The van der Waals surface area contributed by atoms with Crippen molar-refractivity contribution in [1.29, 1.82) is 0 Å². The monoisotopic (exact) mass is 422 g/mol. The Bertz CT molecular complexity index is 588. The van der Waals surface area contributed by atoms with Gasteiger partial charge in [0.05, 0.1) is 10.0 Å². The molecular weight excluding hydrogens is 415 g/mol. The lowest BCUT2D eigenvalue weighted by Crippen LogP contribution is -1.98. The van der Waals surface area contributed by atoms with Gasteiger partial charge in [-0.15, -0.1) is 0 Å². The Balaban J connectivity index is 2.12. The highest BCUT2D eigenvalue weighted by molar-refractivity contribution is 9.10. The molecule has 0 bridgehead atoms. The number of rotatable bonds is 4. The molecule has 0 saturated carbocycles. The normalized spacial score (nSPS) is 10.5. The summed E-state index contributed by atoms with van der Waals surface area (Å²) in [6.07, 6.45) is 0. The van der Waals surface area contributed by atoms with E-state index in [0.717, 1.165) is 26.7 Å². The average Bonchev–Trinajstić information content (AvgIpc) is 2.41. The first-order valence-corrected chi connectivity index (χ1v) is 8.18. The predicted octanol–water partition coefficient (Wildman–Crippen LogP) is 6.23. The van der Waals surface area contributed by atoms with Gasteiger partial charge in [0.1, 0.15) is 12.4 Å². The van der Waals surface area contributed by atoms with Crippen molar-refractivity contribution in [1.82, 2.24) is 0 Å². The van der Waals surface area contributed by atoms with Crippen LogP contribution >= 0.6 is 55.1 Å². The number of halogens is 4. The van der Waals surface area contributed by atoms with E-state index >= 15 is 0 Å². The minimum Gasteiger partial charge on any atom is -0.489 e. The Labute approximate surface area is 139 Å². The van der Waals surface area contributed by atoms with Crippen molar-refractivity contribution >= 4 is 55.1 Å². The van der Waals surface area contributed by atoms with Gasteiger partial charge in [-0.25, -0.2) is 0 Å². The molecule has 0 heterocycles. The lowest BCUT2D eigenvalue weighted by Gasteiger charge is -2.11. The second-order valence-electron chi connectivity index (χ2n) is 3.92. The predicted molar refractivity (Wildman–Crippen MR) is 87.6 cm³/mol. The topological polar surface area (TPSA) is 9.23 Å². The maximum absolute atomic E-state index is 5.97. The van der Waals surface area contributed by atoms with Gasteiger partial charge in [0.25, 0.3) is 0 Å². The molecule has 2 aromatic carbocycles. The van der Waals surface area contributed by atoms with Gasteiger partial charge in [0.15, 0.2) is 0 Å². The van der Waals surface area contributed by atoms with Gasteiger partial charge in [0, 0.05) is 15.4 Å². The molecule has 0 aliphatic rings. The summed E-state index contributed by atoms with van der Waals surface area (Å²) < 4.78 is 6.84. The minimum absolute atomic E-state index is 0.457. The van der Waals surface area contributed by atoms with Crippen molar-refractivity contribution in [2.75, 3.05) is 0 Å². The zero-order valence-corrected chi connectivity index (χ0v) is 14.5. The van der Waals surface area contributed by atoms with Crippen molar-refractivity contribution in [2.45, 2.75) is 11.9 Å². The molecule has 1 nitrogen and oxygen atoms in total. The summed E-state index contributed by atoms with van der Waals surface area (Å²) in [6, 6.07) is 11.4. The lowest BCUT2D eigenvalue weighted by molar-refractivity contribution is 0.304. The third-order valence-electron chi connectivity index (χ3n) is 2.54. The highest BCUT2D eigenvalue weighted by atomic mass is 79.9. The van der Waals surface area contributed by atoms with Crippen LogP contribution in [0.5, 0.6) is 5.75 Å². The van der Waals surface area contributed by atoms with Gasteiger partial charge in [-0.2, -0.15) is 0 Å². The Morgan fingerprint density at radius 1 is 1.00 bits per heavy atom. The largest absolute Gasteiger partial charge is 0.489 e. The summed E-state index contributed by atoms with van der Waals surface area (Å²) in [6.45, 7) is 0.457. The number of hydrogen-bond acceptors (Lipinski definition) is 1. The quantitative estimate of drug-likeness (QED) is 0.528. The molecule has 0 radical (unpaired) electrons. The molecule has 0 fully saturated rings. The molecule has 5 heteroatoms. The lowest BCUT2D eigenvalue weighted by atomic mass is 10.2. The van der Waals surface area contributed by atoms with Crippen LogP contribution in [0.1, 0.15) is 11.1 Å². The van der Waals surface area contributed by atoms with Crippen LogP contribution in [0.3, 0.4) is 0 Å². The third kappa shape index (κ3) is 4.12. The van der Waals surface area contributed by atoms with Crippen molar-refractivity contribution in [3.63, 3.8) is 0 Å². The minimum atomic E-state index is 0.457. The molecular formula is C14H10Br2Cl2O. The Kier molecular flexibility index (Phi) is 5.58. The molecule has 0 spiro atoms. The standard InChI is InChI=1S/C14H10Br2Cl2O/c15-7-10-6-11(16)2-4-14(10)19-8-9-1-3-12(17)13(18)5-9/h1-6H,7-8H2. The Morgan fingerprint density at radius 3 is 2.47 bits per heavy atom. The smallest absolute Gasteiger partial charge is 0.123 e. The van der Waals surface area contributed by atoms with Crippen LogP contribution in [0.4, 0.5) is 0 Å². The number of hydrogen-bond donors (Lipinski definition) is 0. The zero-order valence-electron chi connectivity index (χ0n) is 9.80. The van der Waals surface area contributed by atoms with E-state index in [9.17, 15) is 0 Å². The van der Waals surface area contributed by atoms with E-state index in [1.54, 1.807) is 6.07 Å². The fourth-order valence-electron chi connectivity index (χ4n) is 1.58. The summed E-state index contributed by atoms with van der Waals surface area (Å²) in [5.41, 5.74) is 2.08. The zero-order chi connectivity index (χ0) is 13.8. The van der Waals surface area contributed by atoms with Crippen LogP contribution in [-0.2, 0) is 11.9 Å². The van der Waals surface area contributed by atoms with Crippen LogP contribution in [0.25, 0.3) is 0 Å². The van der Waals surface area contributed by atoms with Crippen LogP contribution in [0.15, 0.2) is 40.9 Å². The second-order valence-corrected chi connectivity index (χ2v) is 6.21. The molecule has 0 atom stereocenters. The van der Waals surface area contributed by atoms with Crippen molar-refractivity contribution < 1.29 is 4.74 Å². The summed E-state index contributed by atoms with van der Waals surface area (Å²) in [5.74, 6) is 0.853. The van der Waals surface area contributed by atoms with E-state index < -0.39 is 0 Å². The molecule has 19 heavy (non-hydrogen) atoms. The van der Waals surface area contributed by atoms with Gasteiger partial charge in [-0.3, -0.25) is 0 Å². The Morgan fingerprint density at radius 2 is 1.79 bits per heavy atom. The second kappa shape index (κ2) is 6.98. The van der Waals surface area contributed by atoms with Crippen LogP contribution in [0.2, 0.25) is 10.0 Å². The van der Waals surface area contributed by atoms with E-state index in [0.29, 0.717) is 16.7 Å². The average molecular weight is 425 g/mol. The number of alkyl halides is 1.